The molecule has 1 fully saturated rings. The summed E-state index contributed by atoms with van der Waals surface area (Å²) in [7, 11) is 2.55. The van der Waals surface area contributed by atoms with Gasteiger partial charge in [-0.25, -0.2) is 0 Å². The molecule has 0 N–H and O–H groups in total. The van der Waals surface area contributed by atoms with Crippen LogP contribution in [-0.2, 0) is 19.1 Å². The molecule has 2 aromatic carbocycles. The number of ether oxygens (including phenoxy) is 3. The zero-order valence-corrected chi connectivity index (χ0v) is 16.2. The summed E-state index contributed by atoms with van der Waals surface area (Å²) in [5.41, 5.74) is 1.41. The van der Waals surface area contributed by atoms with Crippen LogP contribution < -0.4 is 4.74 Å². The quantitative estimate of drug-likeness (QED) is 0.454. The Hall–Kier alpha value is -3.26. The lowest BCUT2D eigenvalue weighted by Gasteiger charge is -2.15. The first-order valence-corrected chi connectivity index (χ1v) is 8.97. The van der Waals surface area contributed by atoms with Gasteiger partial charge in [0.05, 0.1) is 14.2 Å². The summed E-state index contributed by atoms with van der Waals surface area (Å²) in [5.74, 6) is 5.12. The monoisotopic (exact) mass is 378 g/mol. The molecule has 0 radical (unpaired) electrons. The summed E-state index contributed by atoms with van der Waals surface area (Å²) in [6.07, 6.45) is 0.335. The van der Waals surface area contributed by atoms with Crippen molar-refractivity contribution in [2.24, 2.45) is 5.41 Å². The SMILES string of the molecule is COC(=O)C1(C(=O)OC)CC1c1cc(C)ccc1OCC#Cc1ccccc1. The van der Waals surface area contributed by atoms with E-state index in [1.54, 1.807) is 0 Å². The average molecular weight is 378 g/mol. The van der Waals surface area contributed by atoms with E-state index in [2.05, 4.69) is 11.8 Å². The van der Waals surface area contributed by atoms with Crippen LogP contribution in [0.4, 0.5) is 0 Å². The van der Waals surface area contributed by atoms with E-state index in [1.807, 2.05) is 55.5 Å². The molecule has 0 saturated heterocycles. The predicted molar refractivity (Wildman–Crippen MR) is 104 cm³/mol. The molecule has 1 aliphatic rings. The Kier molecular flexibility index (Phi) is 5.70. The number of hydrogen-bond donors (Lipinski definition) is 0. The minimum atomic E-state index is -1.30. The van der Waals surface area contributed by atoms with Crippen molar-refractivity contribution in [3.05, 3.63) is 65.2 Å². The van der Waals surface area contributed by atoms with Gasteiger partial charge in [0.2, 0.25) is 0 Å². The lowest BCUT2D eigenvalue weighted by Crippen LogP contribution is -2.30. The van der Waals surface area contributed by atoms with Gasteiger partial charge < -0.3 is 14.2 Å². The third-order valence-corrected chi connectivity index (χ3v) is 4.91. The molecular formula is C23H22O5. The number of carbonyl (C=O) groups is 2. The topological polar surface area (TPSA) is 61.8 Å². The Morgan fingerprint density at radius 2 is 1.75 bits per heavy atom. The van der Waals surface area contributed by atoms with Crippen LogP contribution in [0.25, 0.3) is 0 Å². The van der Waals surface area contributed by atoms with E-state index < -0.39 is 17.4 Å². The number of carbonyl (C=O) groups excluding carboxylic acids is 2. The molecule has 0 aromatic heterocycles. The summed E-state index contributed by atoms with van der Waals surface area (Å²) >= 11 is 0. The zero-order valence-electron chi connectivity index (χ0n) is 16.2. The third-order valence-electron chi connectivity index (χ3n) is 4.91. The van der Waals surface area contributed by atoms with Crippen LogP contribution in [0.2, 0.25) is 0 Å². The molecule has 0 aliphatic heterocycles. The van der Waals surface area contributed by atoms with E-state index in [1.165, 1.54) is 14.2 Å². The van der Waals surface area contributed by atoms with Gasteiger partial charge in [0.1, 0.15) is 12.4 Å². The highest BCUT2D eigenvalue weighted by molar-refractivity contribution is 6.05. The lowest BCUT2D eigenvalue weighted by atomic mass is 9.97. The number of benzene rings is 2. The maximum absolute atomic E-state index is 12.3. The van der Waals surface area contributed by atoms with Crippen molar-refractivity contribution in [1.29, 1.82) is 0 Å². The molecule has 1 atom stereocenters. The summed E-state index contributed by atoms with van der Waals surface area (Å²) < 4.78 is 15.6. The van der Waals surface area contributed by atoms with Gasteiger partial charge in [0.15, 0.2) is 5.41 Å². The molecule has 1 unspecified atom stereocenters. The van der Waals surface area contributed by atoms with Gasteiger partial charge in [0, 0.05) is 11.5 Å². The van der Waals surface area contributed by atoms with Crippen molar-refractivity contribution in [2.45, 2.75) is 19.3 Å². The van der Waals surface area contributed by atoms with E-state index in [-0.39, 0.29) is 12.5 Å². The fourth-order valence-corrected chi connectivity index (χ4v) is 3.38. The van der Waals surface area contributed by atoms with E-state index >= 15 is 0 Å². The van der Waals surface area contributed by atoms with Gasteiger partial charge >= 0.3 is 11.9 Å². The van der Waals surface area contributed by atoms with Crippen molar-refractivity contribution >= 4 is 11.9 Å². The Labute approximate surface area is 164 Å². The molecule has 0 heterocycles. The first kappa shape index (κ1) is 19.5. The Balaban J connectivity index is 1.81. The fraction of sp³-hybridized carbons (Fsp3) is 0.304. The number of aryl methyl sites for hydroxylation is 1. The Bertz CT molecular complexity index is 920. The van der Waals surface area contributed by atoms with E-state index in [0.717, 1.165) is 16.7 Å². The standard InChI is InChI=1S/C23H22O5/c1-16-11-12-20(28-13-7-10-17-8-5-4-6-9-17)18(14-16)19-15-23(19,21(24)26-2)22(25)27-3/h4-6,8-9,11-12,14,19H,13,15H2,1-3H3. The van der Waals surface area contributed by atoms with Crippen LogP contribution in [0.15, 0.2) is 48.5 Å². The number of rotatable bonds is 5. The van der Waals surface area contributed by atoms with Gasteiger partial charge in [-0.2, -0.15) is 0 Å². The molecule has 2 aromatic rings. The van der Waals surface area contributed by atoms with E-state index in [0.29, 0.717) is 12.2 Å². The van der Waals surface area contributed by atoms with Gasteiger partial charge in [-0.05, 0) is 37.1 Å². The maximum Gasteiger partial charge on any atom is 0.323 e. The highest BCUT2D eigenvalue weighted by Crippen LogP contribution is 2.62. The molecule has 1 saturated carbocycles. The summed E-state index contributed by atoms with van der Waals surface area (Å²) in [5, 5.41) is 0. The van der Waals surface area contributed by atoms with Crippen molar-refractivity contribution in [3.63, 3.8) is 0 Å². The van der Waals surface area contributed by atoms with Gasteiger partial charge in [-0.1, -0.05) is 47.7 Å². The average Bonchev–Trinajstić information content (AvgIpc) is 3.48. The summed E-state index contributed by atoms with van der Waals surface area (Å²) in [6, 6.07) is 15.3. The van der Waals surface area contributed by atoms with E-state index in [9.17, 15) is 9.59 Å². The first-order chi connectivity index (χ1) is 13.5. The second-order valence-electron chi connectivity index (χ2n) is 6.71. The molecule has 0 spiro atoms. The number of hydrogen-bond acceptors (Lipinski definition) is 5. The van der Waals surface area contributed by atoms with Gasteiger partial charge in [-0.3, -0.25) is 9.59 Å². The van der Waals surface area contributed by atoms with Gasteiger partial charge in [-0.15, -0.1) is 0 Å². The van der Waals surface area contributed by atoms with Crippen LogP contribution in [-0.4, -0.2) is 32.8 Å². The summed E-state index contributed by atoms with van der Waals surface area (Å²) in [6.45, 7) is 2.14. The van der Waals surface area contributed by atoms with Crippen LogP contribution in [0.3, 0.4) is 0 Å². The van der Waals surface area contributed by atoms with Crippen molar-refractivity contribution in [3.8, 4) is 17.6 Å². The van der Waals surface area contributed by atoms with Gasteiger partial charge in [0.25, 0.3) is 0 Å². The highest BCUT2D eigenvalue weighted by atomic mass is 16.5. The first-order valence-electron chi connectivity index (χ1n) is 8.97. The molecule has 0 amide bonds. The van der Waals surface area contributed by atoms with Crippen LogP contribution in [0.1, 0.15) is 29.0 Å². The molecule has 28 heavy (non-hydrogen) atoms. The molecule has 5 heteroatoms. The van der Waals surface area contributed by atoms with Crippen LogP contribution in [0, 0.1) is 24.2 Å². The maximum atomic E-state index is 12.3. The van der Waals surface area contributed by atoms with Crippen molar-refractivity contribution in [1.82, 2.24) is 0 Å². The second kappa shape index (κ2) is 8.18. The number of methoxy groups -OCH3 is 2. The zero-order chi connectivity index (χ0) is 20.1. The second-order valence-corrected chi connectivity index (χ2v) is 6.71. The van der Waals surface area contributed by atoms with Crippen LogP contribution >= 0.6 is 0 Å². The van der Waals surface area contributed by atoms with Crippen molar-refractivity contribution < 1.29 is 23.8 Å². The minimum Gasteiger partial charge on any atom is -0.481 e. The Morgan fingerprint density at radius 3 is 2.39 bits per heavy atom. The van der Waals surface area contributed by atoms with E-state index in [4.69, 9.17) is 14.2 Å². The largest absolute Gasteiger partial charge is 0.481 e. The predicted octanol–water partition coefficient (Wildman–Crippen LogP) is 3.25. The smallest absolute Gasteiger partial charge is 0.323 e. The Morgan fingerprint density at radius 1 is 1.07 bits per heavy atom. The molecule has 3 rings (SSSR count). The third kappa shape index (κ3) is 3.72. The molecule has 1 aliphatic carbocycles. The lowest BCUT2D eigenvalue weighted by molar-refractivity contribution is -0.161. The molecule has 0 bridgehead atoms. The minimum absolute atomic E-state index is 0.196. The molecular weight excluding hydrogens is 356 g/mol. The number of esters is 2. The molecule has 144 valence electrons. The fourth-order valence-electron chi connectivity index (χ4n) is 3.38. The summed E-state index contributed by atoms with van der Waals surface area (Å²) in [4.78, 5) is 24.6. The van der Waals surface area contributed by atoms with Crippen molar-refractivity contribution in [2.75, 3.05) is 20.8 Å². The molecule has 5 nitrogen and oxygen atoms in total. The highest BCUT2D eigenvalue weighted by Gasteiger charge is 2.69. The normalized spacial score (nSPS) is 16.3. The van der Waals surface area contributed by atoms with Crippen LogP contribution in [0.5, 0.6) is 5.75 Å².